The number of nitrogens with two attached hydrogens (primary N) is 1. The van der Waals surface area contributed by atoms with Crippen molar-refractivity contribution >= 4 is 11.6 Å². The minimum atomic E-state index is 0.0435. The van der Waals surface area contributed by atoms with Crippen molar-refractivity contribution in [1.29, 1.82) is 0 Å². The molecule has 0 aliphatic carbocycles. The van der Waals surface area contributed by atoms with Gasteiger partial charge in [-0.25, -0.2) is 0 Å². The minimum Gasteiger partial charge on any atom is -0.399 e. The molecule has 0 aromatic heterocycles. The molecule has 1 aromatic carbocycles. The molecule has 0 saturated carbocycles. The summed E-state index contributed by atoms with van der Waals surface area (Å²) in [5.41, 5.74) is 7.26. The van der Waals surface area contributed by atoms with Gasteiger partial charge in [0.25, 0.3) is 0 Å². The van der Waals surface area contributed by atoms with E-state index >= 15 is 0 Å². The second-order valence-corrected chi connectivity index (χ2v) is 4.41. The number of nitrogens with one attached hydrogen (secondary N) is 1. The van der Waals surface area contributed by atoms with Gasteiger partial charge in [0.15, 0.2) is 0 Å². The summed E-state index contributed by atoms with van der Waals surface area (Å²) in [6, 6.07) is 7.35. The van der Waals surface area contributed by atoms with Gasteiger partial charge in [-0.1, -0.05) is 25.0 Å². The van der Waals surface area contributed by atoms with Crippen LogP contribution in [0.3, 0.4) is 0 Å². The number of aliphatic hydroxyl groups is 1. The normalized spacial score (nSPS) is 10.3. The molecule has 0 aliphatic heterocycles. The van der Waals surface area contributed by atoms with Crippen LogP contribution >= 0.6 is 0 Å². The zero-order chi connectivity index (χ0) is 13.2. The number of hydrogen-bond donors (Lipinski definition) is 3. The molecule has 0 saturated heterocycles. The Morgan fingerprint density at radius 2 is 1.78 bits per heavy atom. The lowest BCUT2D eigenvalue weighted by Gasteiger charge is -2.05. The molecule has 100 valence electrons. The van der Waals surface area contributed by atoms with Crippen molar-refractivity contribution in [2.75, 3.05) is 18.9 Å². The van der Waals surface area contributed by atoms with Gasteiger partial charge in [-0.2, -0.15) is 0 Å². The molecule has 0 heterocycles. The number of anilines is 1. The highest BCUT2D eigenvalue weighted by atomic mass is 16.2. The Labute approximate surface area is 108 Å². The van der Waals surface area contributed by atoms with Gasteiger partial charge in [0.2, 0.25) is 5.91 Å². The van der Waals surface area contributed by atoms with E-state index in [0.717, 1.165) is 31.2 Å². The van der Waals surface area contributed by atoms with E-state index in [1.54, 1.807) is 12.1 Å². The number of carbonyl (C=O) groups excluding carboxylic acids is 1. The molecule has 18 heavy (non-hydrogen) atoms. The van der Waals surface area contributed by atoms with E-state index in [-0.39, 0.29) is 12.5 Å². The zero-order valence-corrected chi connectivity index (χ0v) is 10.7. The summed E-state index contributed by atoms with van der Waals surface area (Å²) in [6.45, 7) is 0.961. The van der Waals surface area contributed by atoms with Gasteiger partial charge in [0.1, 0.15) is 0 Å². The largest absolute Gasteiger partial charge is 0.399 e. The third kappa shape index (κ3) is 6.25. The fraction of sp³-hybridized carbons (Fsp3) is 0.500. The van der Waals surface area contributed by atoms with Crippen LogP contribution in [0, 0.1) is 0 Å². The van der Waals surface area contributed by atoms with E-state index in [9.17, 15) is 4.79 Å². The maximum Gasteiger partial charge on any atom is 0.224 e. The van der Waals surface area contributed by atoms with Crippen LogP contribution in [0.4, 0.5) is 5.69 Å². The number of carbonyl (C=O) groups is 1. The van der Waals surface area contributed by atoms with E-state index in [1.807, 2.05) is 12.1 Å². The maximum atomic E-state index is 11.6. The number of aliphatic hydroxyl groups excluding tert-OH is 1. The summed E-state index contributed by atoms with van der Waals surface area (Å²) >= 11 is 0. The van der Waals surface area contributed by atoms with Gasteiger partial charge >= 0.3 is 0 Å². The molecule has 1 amide bonds. The van der Waals surface area contributed by atoms with Gasteiger partial charge in [-0.15, -0.1) is 0 Å². The molecule has 0 bridgehead atoms. The average molecular weight is 250 g/mol. The molecular formula is C14H22N2O2. The van der Waals surface area contributed by atoms with Gasteiger partial charge in [-0.3, -0.25) is 4.79 Å². The van der Waals surface area contributed by atoms with Crippen LogP contribution < -0.4 is 11.1 Å². The van der Waals surface area contributed by atoms with E-state index in [2.05, 4.69) is 5.32 Å². The number of hydrogen-bond acceptors (Lipinski definition) is 3. The Morgan fingerprint density at radius 1 is 1.11 bits per heavy atom. The van der Waals surface area contributed by atoms with Gasteiger partial charge < -0.3 is 16.2 Å². The van der Waals surface area contributed by atoms with Crippen molar-refractivity contribution in [3.05, 3.63) is 29.8 Å². The molecular weight excluding hydrogens is 228 g/mol. The first-order valence-electron chi connectivity index (χ1n) is 6.44. The van der Waals surface area contributed by atoms with E-state index in [0.29, 0.717) is 18.7 Å². The summed E-state index contributed by atoms with van der Waals surface area (Å²) < 4.78 is 0. The summed E-state index contributed by atoms with van der Waals surface area (Å²) in [6.07, 6.45) is 4.27. The molecule has 0 spiro atoms. The Bertz CT molecular complexity index is 349. The first kappa shape index (κ1) is 14.5. The SMILES string of the molecule is Nc1ccc(CC(=O)NCCCCCCO)cc1. The fourth-order valence-corrected chi connectivity index (χ4v) is 1.70. The lowest BCUT2D eigenvalue weighted by Crippen LogP contribution is -2.26. The number of unbranched alkanes of at least 4 members (excludes halogenated alkanes) is 3. The smallest absolute Gasteiger partial charge is 0.224 e. The molecule has 0 aliphatic rings. The van der Waals surface area contributed by atoms with Crippen molar-refractivity contribution < 1.29 is 9.90 Å². The highest BCUT2D eigenvalue weighted by Crippen LogP contribution is 2.06. The number of rotatable bonds is 8. The van der Waals surface area contributed by atoms with Gasteiger partial charge in [0, 0.05) is 18.8 Å². The highest BCUT2D eigenvalue weighted by molar-refractivity contribution is 5.78. The quantitative estimate of drug-likeness (QED) is 0.483. The Kier molecular flexibility index (Phi) is 6.87. The van der Waals surface area contributed by atoms with Crippen molar-refractivity contribution in [2.45, 2.75) is 32.1 Å². The number of nitrogen functional groups attached to an aromatic ring is 1. The molecule has 4 heteroatoms. The lowest BCUT2D eigenvalue weighted by molar-refractivity contribution is -0.120. The lowest BCUT2D eigenvalue weighted by atomic mass is 10.1. The first-order chi connectivity index (χ1) is 8.72. The minimum absolute atomic E-state index is 0.0435. The summed E-state index contributed by atoms with van der Waals surface area (Å²) in [4.78, 5) is 11.6. The predicted molar refractivity (Wildman–Crippen MR) is 73.1 cm³/mol. The third-order valence-electron chi connectivity index (χ3n) is 2.75. The molecule has 1 rings (SSSR count). The Morgan fingerprint density at radius 3 is 2.44 bits per heavy atom. The molecule has 1 aromatic rings. The second kappa shape index (κ2) is 8.53. The summed E-state index contributed by atoms with van der Waals surface area (Å²) in [7, 11) is 0. The Hall–Kier alpha value is -1.55. The van der Waals surface area contributed by atoms with E-state index in [4.69, 9.17) is 10.8 Å². The zero-order valence-electron chi connectivity index (χ0n) is 10.7. The monoisotopic (exact) mass is 250 g/mol. The third-order valence-corrected chi connectivity index (χ3v) is 2.75. The highest BCUT2D eigenvalue weighted by Gasteiger charge is 2.02. The molecule has 0 fully saturated rings. The standard InChI is InChI=1S/C14H22N2O2/c15-13-7-5-12(6-8-13)11-14(18)16-9-3-1-2-4-10-17/h5-8,17H,1-4,9-11,15H2,(H,16,18). The van der Waals surface area contributed by atoms with Crippen LogP contribution in [-0.4, -0.2) is 24.2 Å². The molecule has 0 radical (unpaired) electrons. The van der Waals surface area contributed by atoms with Crippen LogP contribution in [0.1, 0.15) is 31.2 Å². The van der Waals surface area contributed by atoms with Crippen molar-refractivity contribution in [3.63, 3.8) is 0 Å². The van der Waals surface area contributed by atoms with Crippen LogP contribution in [0.5, 0.6) is 0 Å². The fourth-order valence-electron chi connectivity index (χ4n) is 1.70. The van der Waals surface area contributed by atoms with Crippen molar-refractivity contribution in [2.24, 2.45) is 0 Å². The van der Waals surface area contributed by atoms with E-state index < -0.39 is 0 Å². The van der Waals surface area contributed by atoms with Gasteiger partial charge in [-0.05, 0) is 30.5 Å². The predicted octanol–water partition coefficient (Wildman–Crippen LogP) is 1.48. The second-order valence-electron chi connectivity index (χ2n) is 4.41. The molecule has 4 N–H and O–H groups in total. The van der Waals surface area contributed by atoms with Crippen LogP contribution in [0.15, 0.2) is 24.3 Å². The van der Waals surface area contributed by atoms with Crippen LogP contribution in [-0.2, 0) is 11.2 Å². The van der Waals surface area contributed by atoms with Crippen molar-refractivity contribution in [1.82, 2.24) is 5.32 Å². The molecule has 0 atom stereocenters. The maximum absolute atomic E-state index is 11.6. The molecule has 0 unspecified atom stereocenters. The van der Waals surface area contributed by atoms with Crippen LogP contribution in [0.2, 0.25) is 0 Å². The summed E-state index contributed by atoms with van der Waals surface area (Å²) in [5.74, 6) is 0.0435. The van der Waals surface area contributed by atoms with Crippen LogP contribution in [0.25, 0.3) is 0 Å². The average Bonchev–Trinajstić information content (AvgIpc) is 2.36. The van der Waals surface area contributed by atoms with Crippen molar-refractivity contribution in [3.8, 4) is 0 Å². The topological polar surface area (TPSA) is 75.4 Å². The number of benzene rings is 1. The summed E-state index contributed by atoms with van der Waals surface area (Å²) in [5, 5.41) is 11.5. The Balaban J connectivity index is 2.12. The van der Waals surface area contributed by atoms with Gasteiger partial charge in [0.05, 0.1) is 6.42 Å². The molecule has 4 nitrogen and oxygen atoms in total. The number of amides is 1. The van der Waals surface area contributed by atoms with E-state index in [1.165, 1.54) is 0 Å². The first-order valence-corrected chi connectivity index (χ1v) is 6.44.